The minimum atomic E-state index is -0.580. The van der Waals surface area contributed by atoms with Gasteiger partial charge < -0.3 is 15.2 Å². The molecular formula is C18H21F2NO2. The van der Waals surface area contributed by atoms with Crippen molar-refractivity contribution in [2.24, 2.45) is 0 Å². The number of para-hydroxylation sites is 1. The lowest BCUT2D eigenvalue weighted by Gasteiger charge is -2.19. The Labute approximate surface area is 134 Å². The fourth-order valence-electron chi connectivity index (χ4n) is 2.44. The van der Waals surface area contributed by atoms with Crippen molar-refractivity contribution in [3.05, 3.63) is 65.2 Å². The minimum Gasteiger partial charge on any atom is -0.491 e. The molecule has 23 heavy (non-hydrogen) atoms. The second kappa shape index (κ2) is 8.60. The molecule has 1 atom stereocenters. The van der Waals surface area contributed by atoms with Gasteiger partial charge in [-0.3, -0.25) is 0 Å². The van der Waals surface area contributed by atoms with E-state index in [9.17, 15) is 8.78 Å². The first-order valence-electron chi connectivity index (χ1n) is 7.65. The van der Waals surface area contributed by atoms with Gasteiger partial charge in [-0.05, 0) is 18.6 Å². The molecule has 0 heterocycles. The van der Waals surface area contributed by atoms with E-state index in [0.717, 1.165) is 11.6 Å². The Morgan fingerprint density at radius 3 is 2.65 bits per heavy atom. The Morgan fingerprint density at radius 2 is 1.96 bits per heavy atom. The molecule has 0 aliphatic rings. The quantitative estimate of drug-likeness (QED) is 0.781. The van der Waals surface area contributed by atoms with E-state index < -0.39 is 11.6 Å². The lowest BCUT2D eigenvalue weighted by atomic mass is 10.0. The molecule has 0 aromatic heterocycles. The summed E-state index contributed by atoms with van der Waals surface area (Å²) in [5, 5.41) is 12.1. The number of ether oxygens (including phenoxy) is 1. The molecule has 0 saturated heterocycles. The average molecular weight is 321 g/mol. The van der Waals surface area contributed by atoms with Gasteiger partial charge in [-0.1, -0.05) is 31.2 Å². The Kier molecular flexibility index (Phi) is 6.50. The number of rotatable bonds is 8. The molecule has 0 saturated carbocycles. The molecule has 0 aliphatic carbocycles. The largest absolute Gasteiger partial charge is 0.491 e. The minimum absolute atomic E-state index is 0.0554. The van der Waals surface area contributed by atoms with Crippen molar-refractivity contribution in [3.8, 4) is 5.75 Å². The standard InChI is InChI=1S/C18H21F2NO2/c1-2-17(15-8-7-14(19)11-16(15)20)21-12-13-5-3-4-6-18(13)23-10-9-22/h3-8,11,17,21-22H,2,9-10,12H2,1H3. The summed E-state index contributed by atoms with van der Waals surface area (Å²) in [6.45, 7) is 2.59. The number of halogens is 2. The third-order valence-corrected chi connectivity index (χ3v) is 3.61. The summed E-state index contributed by atoms with van der Waals surface area (Å²) in [7, 11) is 0. The van der Waals surface area contributed by atoms with Crippen molar-refractivity contribution in [1.82, 2.24) is 5.32 Å². The van der Waals surface area contributed by atoms with Crippen molar-refractivity contribution < 1.29 is 18.6 Å². The van der Waals surface area contributed by atoms with Crippen LogP contribution in [0.25, 0.3) is 0 Å². The maximum Gasteiger partial charge on any atom is 0.130 e. The predicted molar refractivity (Wildman–Crippen MR) is 85.3 cm³/mol. The Hall–Kier alpha value is -1.98. The van der Waals surface area contributed by atoms with Gasteiger partial charge >= 0.3 is 0 Å². The first-order valence-corrected chi connectivity index (χ1v) is 7.65. The first-order chi connectivity index (χ1) is 11.2. The van der Waals surface area contributed by atoms with Gasteiger partial charge in [0, 0.05) is 29.8 Å². The van der Waals surface area contributed by atoms with Gasteiger partial charge in [0.05, 0.1) is 6.61 Å². The molecule has 2 rings (SSSR count). The molecule has 2 aromatic carbocycles. The monoisotopic (exact) mass is 321 g/mol. The summed E-state index contributed by atoms with van der Waals surface area (Å²) in [6, 6.07) is 10.9. The molecule has 0 bridgehead atoms. The summed E-state index contributed by atoms with van der Waals surface area (Å²) >= 11 is 0. The number of aliphatic hydroxyl groups is 1. The lowest BCUT2D eigenvalue weighted by Crippen LogP contribution is -2.22. The lowest BCUT2D eigenvalue weighted by molar-refractivity contribution is 0.200. The van der Waals surface area contributed by atoms with Crippen molar-refractivity contribution in [3.63, 3.8) is 0 Å². The zero-order valence-corrected chi connectivity index (χ0v) is 13.1. The Balaban J connectivity index is 2.09. The SMILES string of the molecule is CCC(NCc1ccccc1OCCO)c1ccc(F)cc1F. The molecule has 5 heteroatoms. The van der Waals surface area contributed by atoms with Crippen LogP contribution in [0.4, 0.5) is 8.78 Å². The molecule has 3 nitrogen and oxygen atoms in total. The summed E-state index contributed by atoms with van der Waals surface area (Å²) in [5.41, 5.74) is 1.37. The van der Waals surface area contributed by atoms with Crippen LogP contribution >= 0.6 is 0 Å². The van der Waals surface area contributed by atoms with Gasteiger partial charge in [-0.25, -0.2) is 8.78 Å². The third-order valence-electron chi connectivity index (χ3n) is 3.61. The van der Waals surface area contributed by atoms with Crippen molar-refractivity contribution in [2.75, 3.05) is 13.2 Å². The van der Waals surface area contributed by atoms with Crippen LogP contribution in [0.1, 0.15) is 30.5 Å². The topological polar surface area (TPSA) is 41.5 Å². The number of hydrogen-bond donors (Lipinski definition) is 2. The molecule has 0 spiro atoms. The van der Waals surface area contributed by atoms with Crippen molar-refractivity contribution in [2.45, 2.75) is 25.9 Å². The van der Waals surface area contributed by atoms with Crippen LogP contribution in [0, 0.1) is 11.6 Å². The second-order valence-electron chi connectivity index (χ2n) is 5.19. The molecule has 2 aromatic rings. The van der Waals surface area contributed by atoms with Crippen LogP contribution in [0.15, 0.2) is 42.5 Å². The van der Waals surface area contributed by atoms with Gasteiger partial charge in [0.2, 0.25) is 0 Å². The maximum atomic E-state index is 13.9. The van der Waals surface area contributed by atoms with E-state index in [4.69, 9.17) is 9.84 Å². The molecule has 124 valence electrons. The third kappa shape index (κ3) is 4.74. The van der Waals surface area contributed by atoms with E-state index in [0.29, 0.717) is 24.3 Å². The van der Waals surface area contributed by atoms with Crippen LogP contribution in [0.2, 0.25) is 0 Å². The highest BCUT2D eigenvalue weighted by Gasteiger charge is 2.15. The second-order valence-corrected chi connectivity index (χ2v) is 5.19. The van der Waals surface area contributed by atoms with Crippen LogP contribution < -0.4 is 10.1 Å². The predicted octanol–water partition coefficient (Wildman–Crippen LogP) is 3.58. The van der Waals surface area contributed by atoms with Crippen LogP contribution in [-0.4, -0.2) is 18.3 Å². The van der Waals surface area contributed by atoms with E-state index >= 15 is 0 Å². The first kappa shape index (κ1) is 17.4. The van der Waals surface area contributed by atoms with Gasteiger partial charge in [-0.15, -0.1) is 0 Å². The summed E-state index contributed by atoms with van der Waals surface area (Å²) in [6.07, 6.45) is 0.669. The zero-order valence-electron chi connectivity index (χ0n) is 13.1. The number of hydrogen-bond acceptors (Lipinski definition) is 3. The van der Waals surface area contributed by atoms with E-state index in [-0.39, 0.29) is 19.3 Å². The highest BCUT2D eigenvalue weighted by atomic mass is 19.1. The smallest absolute Gasteiger partial charge is 0.130 e. The fraction of sp³-hybridized carbons (Fsp3) is 0.333. The van der Waals surface area contributed by atoms with Crippen molar-refractivity contribution in [1.29, 1.82) is 0 Å². The molecule has 0 amide bonds. The molecule has 0 fully saturated rings. The van der Waals surface area contributed by atoms with Gasteiger partial charge in [0.15, 0.2) is 0 Å². The highest BCUT2D eigenvalue weighted by molar-refractivity contribution is 5.33. The van der Waals surface area contributed by atoms with Gasteiger partial charge in [0.1, 0.15) is 24.0 Å². The van der Waals surface area contributed by atoms with Gasteiger partial charge in [0.25, 0.3) is 0 Å². The summed E-state index contributed by atoms with van der Waals surface area (Å²) in [4.78, 5) is 0. The van der Waals surface area contributed by atoms with E-state index in [1.807, 2.05) is 31.2 Å². The molecule has 0 radical (unpaired) electrons. The fourth-order valence-corrected chi connectivity index (χ4v) is 2.44. The molecule has 0 aliphatic heterocycles. The molecule has 2 N–H and O–H groups in total. The Bertz CT molecular complexity index is 634. The average Bonchev–Trinajstić information content (AvgIpc) is 2.55. The normalized spacial score (nSPS) is 12.2. The highest BCUT2D eigenvalue weighted by Crippen LogP contribution is 2.23. The van der Waals surface area contributed by atoms with E-state index in [1.54, 1.807) is 0 Å². The Morgan fingerprint density at radius 1 is 1.17 bits per heavy atom. The number of benzene rings is 2. The van der Waals surface area contributed by atoms with E-state index in [1.165, 1.54) is 12.1 Å². The van der Waals surface area contributed by atoms with Crippen molar-refractivity contribution >= 4 is 0 Å². The summed E-state index contributed by atoms with van der Waals surface area (Å²) < 4.78 is 32.5. The van der Waals surface area contributed by atoms with Crippen LogP contribution in [-0.2, 0) is 6.54 Å². The van der Waals surface area contributed by atoms with Gasteiger partial charge in [-0.2, -0.15) is 0 Å². The maximum absolute atomic E-state index is 13.9. The number of aliphatic hydroxyl groups excluding tert-OH is 1. The molecular weight excluding hydrogens is 300 g/mol. The van der Waals surface area contributed by atoms with Crippen LogP contribution in [0.3, 0.4) is 0 Å². The van der Waals surface area contributed by atoms with E-state index in [2.05, 4.69) is 5.32 Å². The molecule has 1 unspecified atom stereocenters. The summed E-state index contributed by atoms with van der Waals surface area (Å²) in [5.74, 6) is -0.443. The zero-order chi connectivity index (χ0) is 16.7. The number of nitrogens with one attached hydrogen (secondary N) is 1. The van der Waals surface area contributed by atoms with Crippen LogP contribution in [0.5, 0.6) is 5.75 Å².